The molecule has 182 valence electrons. The number of aromatic nitrogens is 3. The molecule has 0 aromatic carbocycles. The summed E-state index contributed by atoms with van der Waals surface area (Å²) >= 11 is 0. The number of aliphatic hydroxyl groups excluding tert-OH is 2. The fourth-order valence-electron chi connectivity index (χ4n) is 3.01. The van der Waals surface area contributed by atoms with Crippen LogP contribution >= 0.6 is 23.5 Å². The van der Waals surface area contributed by atoms with Gasteiger partial charge < -0.3 is 44.8 Å². The summed E-state index contributed by atoms with van der Waals surface area (Å²) in [5.74, 6) is 0.0151. The predicted molar refractivity (Wildman–Crippen MR) is 97.0 cm³/mol. The van der Waals surface area contributed by atoms with Gasteiger partial charge in [0, 0.05) is 0 Å². The molecule has 1 aliphatic rings. The number of nitrogen functional groups attached to an aromatic ring is 1. The Morgan fingerprint density at radius 2 is 1.78 bits per heavy atom. The first kappa shape index (κ1) is 37.2. The number of anilines is 1. The number of rotatable bonds is 8. The van der Waals surface area contributed by atoms with Gasteiger partial charge in [0.1, 0.15) is 36.2 Å². The van der Waals surface area contributed by atoms with Crippen LogP contribution in [0.25, 0.3) is 5.52 Å². The first-order valence-electron chi connectivity index (χ1n) is 8.39. The average Bonchev–Trinajstić information content (AvgIpc) is 3.20. The molecule has 0 aliphatic carbocycles. The van der Waals surface area contributed by atoms with Gasteiger partial charge in [-0.1, -0.05) is 0 Å². The Morgan fingerprint density at radius 1 is 1.17 bits per heavy atom. The largest absolute Gasteiger partial charge is 1.00 e. The van der Waals surface area contributed by atoms with Crippen molar-refractivity contribution in [2.75, 3.05) is 12.3 Å². The second-order valence-electron chi connectivity index (χ2n) is 6.44. The van der Waals surface area contributed by atoms with Crippen molar-refractivity contribution in [1.82, 2.24) is 14.6 Å². The van der Waals surface area contributed by atoms with Crippen molar-refractivity contribution in [2.24, 2.45) is 0 Å². The molecule has 1 fully saturated rings. The van der Waals surface area contributed by atoms with E-state index in [0.29, 0.717) is 0 Å². The molecule has 2 aromatic rings. The van der Waals surface area contributed by atoms with Gasteiger partial charge in [-0.3, -0.25) is 9.13 Å². The molecule has 1 aliphatic heterocycles. The molecule has 6 N–H and O–H groups in total. The molecule has 3 rings (SSSR count). The van der Waals surface area contributed by atoms with Gasteiger partial charge in [0.2, 0.25) is 5.60 Å². The van der Waals surface area contributed by atoms with Gasteiger partial charge in [-0.15, -0.1) is 0 Å². The second-order valence-corrected chi connectivity index (χ2v) is 10.8. The Balaban J connectivity index is 0.00000408. The van der Waals surface area contributed by atoms with Crippen LogP contribution in [0, 0.1) is 11.3 Å². The second kappa shape index (κ2) is 13.7. The van der Waals surface area contributed by atoms with E-state index >= 15 is 0 Å². The number of nitrogens with two attached hydrogens (primary N) is 1. The van der Waals surface area contributed by atoms with Gasteiger partial charge in [-0.25, -0.2) is 22.7 Å². The third-order valence-electron chi connectivity index (χ3n) is 4.29. The minimum Gasteiger partial charge on any atom is -0.756 e. The van der Waals surface area contributed by atoms with Crippen molar-refractivity contribution in [2.45, 2.75) is 23.9 Å². The van der Waals surface area contributed by atoms with E-state index in [9.17, 15) is 39.0 Å². The Labute approximate surface area is 268 Å². The maximum atomic E-state index is 11.7. The molecule has 0 radical (unpaired) electrons. The van der Waals surface area contributed by atoms with Crippen molar-refractivity contribution in [3.05, 3.63) is 24.2 Å². The number of nitriles is 1. The molecule has 18 nitrogen and oxygen atoms in total. The SMILES string of the molecule is N#C[C@@]1(c2ccc3c(N)ncnn23)O[C@H](COP(=O)([O-])OP(=O)([O-])OP(=O)(O)O)[C@@H](O)[C@H]1O.[Na+].[Na+].[Na+]. The molecule has 2 aromatic heterocycles. The third kappa shape index (κ3) is 8.35. The van der Waals surface area contributed by atoms with Gasteiger partial charge in [0.05, 0.1) is 12.3 Å². The zero-order valence-electron chi connectivity index (χ0n) is 18.8. The molecule has 1 saturated heterocycles. The van der Waals surface area contributed by atoms with Crippen LogP contribution < -0.4 is 104 Å². The third-order valence-corrected chi connectivity index (χ3v) is 8.01. The van der Waals surface area contributed by atoms with Gasteiger partial charge in [0.25, 0.3) is 15.6 Å². The van der Waals surface area contributed by atoms with E-state index in [4.69, 9.17) is 20.3 Å². The summed E-state index contributed by atoms with van der Waals surface area (Å²) in [5.41, 5.74) is 3.53. The normalized spacial score (nSPS) is 27.0. The molecule has 0 saturated carbocycles. The van der Waals surface area contributed by atoms with Crippen molar-refractivity contribution < 1.29 is 150 Å². The van der Waals surface area contributed by atoms with Crippen LogP contribution in [0.2, 0.25) is 0 Å². The summed E-state index contributed by atoms with van der Waals surface area (Å²) in [4.78, 5) is 43.7. The number of hydrogen-bond donors (Lipinski definition) is 5. The molecule has 0 spiro atoms. The quantitative estimate of drug-likeness (QED) is 0.139. The predicted octanol–water partition coefficient (Wildman–Crippen LogP) is -11.8. The minimum absolute atomic E-state index is 0. The fourth-order valence-corrected chi connectivity index (χ4v) is 5.93. The Hall–Kier alpha value is 1.20. The minimum atomic E-state index is -6.08. The van der Waals surface area contributed by atoms with Crippen molar-refractivity contribution in [1.29, 1.82) is 5.26 Å². The van der Waals surface area contributed by atoms with E-state index < -0.39 is 54.0 Å². The first-order chi connectivity index (χ1) is 15.1. The number of fused-ring (bicyclic) bond motifs is 1. The molecule has 6 atom stereocenters. The number of ether oxygens (including phenoxy) is 1. The van der Waals surface area contributed by atoms with Crippen LogP contribution in [0.15, 0.2) is 18.5 Å². The van der Waals surface area contributed by atoms with E-state index in [0.717, 1.165) is 10.8 Å². The zero-order chi connectivity index (χ0) is 24.8. The number of aliphatic hydroxyl groups is 2. The first-order valence-corrected chi connectivity index (χ1v) is 12.8. The van der Waals surface area contributed by atoms with Crippen LogP contribution in [-0.2, 0) is 37.2 Å². The zero-order valence-corrected chi connectivity index (χ0v) is 27.5. The van der Waals surface area contributed by atoms with Crippen molar-refractivity contribution in [3.63, 3.8) is 0 Å². The van der Waals surface area contributed by atoms with Crippen LogP contribution in [0.5, 0.6) is 0 Å². The number of phosphoric ester groups is 1. The van der Waals surface area contributed by atoms with Crippen LogP contribution in [0.4, 0.5) is 5.82 Å². The monoisotopic (exact) mass is 598 g/mol. The fraction of sp³-hybridized carbons (Fsp3) is 0.417. The summed E-state index contributed by atoms with van der Waals surface area (Å²) in [6, 6.07) is 4.35. The molecule has 24 heteroatoms. The molecular formula is C12H14N5Na3O13P3+. The number of hydrogen-bond acceptors (Lipinski definition) is 15. The van der Waals surface area contributed by atoms with Crippen molar-refractivity contribution in [3.8, 4) is 6.07 Å². The van der Waals surface area contributed by atoms with Gasteiger partial charge in [-0.05, 0) is 12.1 Å². The molecule has 0 amide bonds. The molecule has 0 bridgehead atoms. The maximum absolute atomic E-state index is 11.7. The summed E-state index contributed by atoms with van der Waals surface area (Å²) in [7, 11) is -17.6. The Bertz CT molecular complexity index is 1260. The van der Waals surface area contributed by atoms with Gasteiger partial charge in [0.15, 0.2) is 5.82 Å². The van der Waals surface area contributed by atoms with Gasteiger partial charge in [-0.2, -0.15) is 10.4 Å². The van der Waals surface area contributed by atoms with E-state index in [1.54, 1.807) is 6.07 Å². The van der Waals surface area contributed by atoms with E-state index in [1.165, 1.54) is 12.1 Å². The van der Waals surface area contributed by atoms with Gasteiger partial charge >= 0.3 is 96.5 Å². The van der Waals surface area contributed by atoms with E-state index in [1.807, 2.05) is 0 Å². The van der Waals surface area contributed by atoms with E-state index in [2.05, 4.69) is 23.2 Å². The molecular weight excluding hydrogens is 584 g/mol. The smallest absolute Gasteiger partial charge is 0.756 e. The number of phosphoric acid groups is 3. The maximum Gasteiger partial charge on any atom is 1.00 e. The Morgan fingerprint density at radius 3 is 2.33 bits per heavy atom. The van der Waals surface area contributed by atoms with Crippen LogP contribution in [0.1, 0.15) is 5.69 Å². The van der Waals surface area contributed by atoms with E-state index in [-0.39, 0.29) is 106 Å². The standard InChI is InChI=1S/C12H16N5O13P3.3Na/c13-4-12(8-2-1-6-11(14)15-5-16-17(6)8)10(19)9(18)7(28-12)3-27-32(23,24)30-33(25,26)29-31(20,21)22;;;/h1-2,5,7,9-10,18-19H,3H2,(H,23,24)(H,25,26)(H2,14,15,16)(H2,20,21,22);;;/q;3*+1/p-2/t7-,9-,10-,12+;;;/m1.../s1. The van der Waals surface area contributed by atoms with Crippen LogP contribution in [-0.4, -0.2) is 59.5 Å². The molecule has 36 heavy (non-hydrogen) atoms. The number of nitrogens with zero attached hydrogens (tertiary/aromatic N) is 4. The summed E-state index contributed by atoms with van der Waals surface area (Å²) in [5, 5.41) is 34.4. The molecule has 3 heterocycles. The Kier molecular flexibility index (Phi) is 14.2. The topological polar surface area (TPSA) is 295 Å². The van der Waals surface area contributed by atoms with Crippen molar-refractivity contribution >= 4 is 34.8 Å². The van der Waals surface area contributed by atoms with Crippen LogP contribution in [0.3, 0.4) is 0 Å². The average molecular weight is 598 g/mol. The summed E-state index contributed by atoms with van der Waals surface area (Å²) < 4.78 is 51.1. The summed E-state index contributed by atoms with van der Waals surface area (Å²) in [6.45, 7) is -1.18. The summed E-state index contributed by atoms with van der Waals surface area (Å²) in [6.07, 6.45) is -4.59. The molecule has 2 unspecified atom stereocenters.